The Morgan fingerprint density at radius 1 is 0.697 bits per heavy atom. The van der Waals surface area contributed by atoms with E-state index in [2.05, 4.69) is 0 Å². The summed E-state index contributed by atoms with van der Waals surface area (Å²) in [6, 6.07) is 7.37. The van der Waals surface area contributed by atoms with Crippen molar-refractivity contribution in [3.8, 4) is 5.75 Å². The Labute approximate surface area is 187 Å². The number of hydrogen-bond acceptors (Lipinski definition) is 14. The van der Waals surface area contributed by atoms with Crippen LogP contribution in [0, 0.1) is 0 Å². The molecule has 0 amide bonds. The molecule has 0 saturated carbocycles. The summed E-state index contributed by atoms with van der Waals surface area (Å²) in [6.45, 7) is -1.58. The molecule has 1 aromatic carbocycles. The molecular formula is C18H27O14P. The molecule has 0 unspecified atom stereocenters. The van der Waals surface area contributed by atoms with E-state index in [1.54, 1.807) is 6.07 Å². The first-order chi connectivity index (χ1) is 15.6. The number of phosphoric acid groups is 1. The molecule has 14 nitrogen and oxygen atoms in total. The van der Waals surface area contributed by atoms with Gasteiger partial charge in [0.2, 0.25) is 0 Å². The third kappa shape index (κ3) is 5.89. The van der Waals surface area contributed by atoms with E-state index in [0.29, 0.717) is 0 Å². The summed E-state index contributed by atoms with van der Waals surface area (Å²) in [5, 5.41) is 78.8. The van der Waals surface area contributed by atoms with Gasteiger partial charge in [0, 0.05) is 0 Å². The highest BCUT2D eigenvalue weighted by Gasteiger charge is 2.51. The molecule has 3 rings (SSSR count). The molecule has 8 N–H and O–H groups in total. The molecule has 0 aromatic heterocycles. The van der Waals surface area contributed by atoms with Crippen molar-refractivity contribution >= 4 is 7.82 Å². The van der Waals surface area contributed by atoms with Gasteiger partial charge >= 0.3 is 7.82 Å². The van der Waals surface area contributed by atoms with Crippen LogP contribution in [-0.2, 0) is 23.1 Å². The minimum Gasteiger partial charge on any atom is -0.404 e. The van der Waals surface area contributed by atoms with Crippen molar-refractivity contribution in [1.82, 2.24) is 0 Å². The van der Waals surface area contributed by atoms with E-state index < -0.39 is 82.4 Å². The highest BCUT2D eigenvalue weighted by atomic mass is 31.2. The van der Waals surface area contributed by atoms with Crippen molar-refractivity contribution in [1.29, 1.82) is 0 Å². The highest BCUT2D eigenvalue weighted by Crippen LogP contribution is 2.53. The maximum atomic E-state index is 13.5. The first kappa shape index (κ1) is 26.4. The predicted molar refractivity (Wildman–Crippen MR) is 104 cm³/mol. The fourth-order valence-electron chi connectivity index (χ4n) is 3.24. The molecule has 0 spiro atoms. The van der Waals surface area contributed by atoms with Gasteiger partial charge in [0.05, 0.1) is 13.2 Å². The highest BCUT2D eigenvalue weighted by molar-refractivity contribution is 7.49. The zero-order chi connectivity index (χ0) is 24.3. The number of ether oxygens (including phenoxy) is 2. The van der Waals surface area contributed by atoms with Crippen LogP contribution in [0.15, 0.2) is 30.3 Å². The maximum Gasteiger partial charge on any atom is 0.534 e. The Hall–Kier alpha value is -1.23. The van der Waals surface area contributed by atoms with Crippen molar-refractivity contribution in [2.75, 3.05) is 13.2 Å². The average molecular weight is 498 g/mol. The topological polar surface area (TPSA) is 225 Å². The van der Waals surface area contributed by atoms with Gasteiger partial charge in [-0.15, -0.1) is 0 Å². The first-order valence-electron chi connectivity index (χ1n) is 9.92. The average Bonchev–Trinajstić information content (AvgIpc) is 2.80. The van der Waals surface area contributed by atoms with Crippen LogP contribution in [0.5, 0.6) is 5.75 Å². The molecule has 2 fully saturated rings. The van der Waals surface area contributed by atoms with Crippen LogP contribution < -0.4 is 4.52 Å². The van der Waals surface area contributed by atoms with E-state index in [1.165, 1.54) is 24.3 Å². The summed E-state index contributed by atoms with van der Waals surface area (Å²) in [7, 11) is -4.94. The van der Waals surface area contributed by atoms with Gasteiger partial charge in [-0.1, -0.05) is 18.2 Å². The van der Waals surface area contributed by atoms with Crippen LogP contribution >= 0.6 is 7.82 Å². The number of phosphoric ester groups is 1. The molecule has 2 saturated heterocycles. The van der Waals surface area contributed by atoms with Gasteiger partial charge in [-0.05, 0) is 12.1 Å². The standard InChI is InChI=1S/C18H27O14P/c19-6-9-11(21)13(23)15(25)17(28-9)31-33(27,30-8-4-2-1-3-5-8)32-18-16(26)14(24)12(22)10(7-20)29-18/h1-5,9-26H,6-7H2/t9-,10-,11-,12-,13+,14+,15+,16+,17-,18-/m1/s1. The zero-order valence-electron chi connectivity index (χ0n) is 17.0. The largest absolute Gasteiger partial charge is 0.534 e. The first-order valence-corrected chi connectivity index (χ1v) is 11.4. The second-order valence-electron chi connectivity index (χ2n) is 7.46. The van der Waals surface area contributed by atoms with Crippen LogP contribution in [0.2, 0.25) is 0 Å². The Morgan fingerprint density at radius 2 is 1.12 bits per heavy atom. The van der Waals surface area contributed by atoms with Gasteiger partial charge in [0.1, 0.15) is 54.6 Å². The van der Waals surface area contributed by atoms with Crippen LogP contribution in [0.25, 0.3) is 0 Å². The van der Waals surface area contributed by atoms with E-state index in [-0.39, 0.29) is 5.75 Å². The molecule has 33 heavy (non-hydrogen) atoms. The summed E-state index contributed by atoms with van der Waals surface area (Å²) >= 11 is 0. The van der Waals surface area contributed by atoms with Crippen molar-refractivity contribution in [2.45, 2.75) is 61.4 Å². The van der Waals surface area contributed by atoms with Gasteiger partial charge in [0.25, 0.3) is 0 Å². The van der Waals surface area contributed by atoms with Crippen molar-refractivity contribution in [2.24, 2.45) is 0 Å². The smallest absolute Gasteiger partial charge is 0.404 e. The summed E-state index contributed by atoms with van der Waals surface area (Å²) in [5.41, 5.74) is 0. The molecule has 1 aromatic rings. The minimum absolute atomic E-state index is 0.0602. The molecule has 188 valence electrons. The predicted octanol–water partition coefficient (Wildman–Crippen LogP) is -3.19. The van der Waals surface area contributed by atoms with Crippen LogP contribution in [-0.4, -0.2) is 115 Å². The number of aliphatic hydroxyl groups excluding tert-OH is 8. The Morgan fingerprint density at radius 3 is 1.52 bits per heavy atom. The van der Waals surface area contributed by atoms with Gasteiger partial charge in [-0.2, -0.15) is 0 Å². The third-order valence-electron chi connectivity index (χ3n) is 5.12. The fraction of sp³-hybridized carbons (Fsp3) is 0.667. The molecule has 2 heterocycles. The van der Waals surface area contributed by atoms with E-state index in [1.807, 2.05) is 0 Å². The SMILES string of the molecule is O=P(Oc1ccccc1)(O[C@H]1O[C@H](CO)[C@@H](O)[C@H](O)[C@@H]1O)O[C@H]1O[C@H](CO)[C@@H](O)[C@H](O)[C@@H]1O. The zero-order valence-corrected chi connectivity index (χ0v) is 17.9. The Bertz CT molecular complexity index is 752. The summed E-state index contributed by atoms with van der Waals surface area (Å²) in [6.07, 6.45) is -17.8. The lowest BCUT2D eigenvalue weighted by Crippen LogP contribution is -2.60. The van der Waals surface area contributed by atoms with Gasteiger partial charge in [-0.25, -0.2) is 13.6 Å². The van der Waals surface area contributed by atoms with Crippen molar-refractivity contribution in [3.63, 3.8) is 0 Å². The van der Waals surface area contributed by atoms with Crippen molar-refractivity contribution < 1.29 is 68.5 Å². The molecule has 0 bridgehead atoms. The Balaban J connectivity index is 1.86. The summed E-state index contributed by atoms with van der Waals surface area (Å²) in [5.74, 6) is -0.0602. The van der Waals surface area contributed by atoms with Gasteiger partial charge in [-0.3, -0.25) is 0 Å². The number of hydrogen-bond donors (Lipinski definition) is 8. The summed E-state index contributed by atoms with van der Waals surface area (Å²) in [4.78, 5) is 0. The molecule has 2 aliphatic heterocycles. The third-order valence-corrected chi connectivity index (χ3v) is 6.49. The molecule has 2 aliphatic rings. The molecular weight excluding hydrogens is 471 g/mol. The quantitative estimate of drug-likeness (QED) is 0.165. The molecule has 0 aliphatic carbocycles. The monoisotopic (exact) mass is 498 g/mol. The van der Waals surface area contributed by atoms with Crippen LogP contribution in [0.3, 0.4) is 0 Å². The lowest BCUT2D eigenvalue weighted by Gasteiger charge is -2.42. The van der Waals surface area contributed by atoms with Gasteiger partial charge in [0.15, 0.2) is 12.6 Å². The normalized spacial score (nSPS) is 39.9. The molecule has 0 radical (unpaired) electrons. The van der Waals surface area contributed by atoms with Crippen LogP contribution in [0.4, 0.5) is 0 Å². The lowest BCUT2D eigenvalue weighted by atomic mass is 9.99. The molecule has 10 atom stereocenters. The maximum absolute atomic E-state index is 13.5. The van der Waals surface area contributed by atoms with E-state index in [0.717, 1.165) is 0 Å². The van der Waals surface area contributed by atoms with E-state index in [9.17, 15) is 45.4 Å². The number of aliphatic hydroxyl groups is 8. The minimum atomic E-state index is -4.94. The number of benzene rings is 1. The van der Waals surface area contributed by atoms with Crippen molar-refractivity contribution in [3.05, 3.63) is 30.3 Å². The Kier molecular flexibility index (Phi) is 8.80. The van der Waals surface area contributed by atoms with Gasteiger partial charge < -0.3 is 54.8 Å². The number of rotatable bonds is 8. The van der Waals surface area contributed by atoms with E-state index in [4.69, 9.17) is 23.0 Å². The second kappa shape index (κ2) is 11.0. The fourth-order valence-corrected chi connectivity index (χ4v) is 4.62. The molecule has 15 heteroatoms. The number of para-hydroxylation sites is 1. The van der Waals surface area contributed by atoms with Crippen LogP contribution in [0.1, 0.15) is 0 Å². The lowest BCUT2D eigenvalue weighted by molar-refractivity contribution is -0.295. The second-order valence-corrected chi connectivity index (χ2v) is 8.96. The summed E-state index contributed by atoms with van der Waals surface area (Å²) < 4.78 is 39.5. The van der Waals surface area contributed by atoms with E-state index >= 15 is 0 Å².